The number of carbonyl (C=O) groups excluding carboxylic acids is 1. The molecule has 19 heavy (non-hydrogen) atoms. The maximum Gasteiger partial charge on any atom is 0.339 e. The minimum atomic E-state index is -1.68. The molecule has 0 heterocycles. The zero-order chi connectivity index (χ0) is 14.3. The average molecular weight is 274 g/mol. The molecule has 0 amide bonds. The van der Waals surface area contributed by atoms with E-state index in [9.17, 15) is 4.79 Å². The summed E-state index contributed by atoms with van der Waals surface area (Å²) in [6, 6.07) is 7.05. The third-order valence-electron chi connectivity index (χ3n) is 2.02. The zero-order valence-corrected chi connectivity index (χ0v) is 12.5. The van der Waals surface area contributed by atoms with Crippen LogP contribution in [0.3, 0.4) is 0 Å². The van der Waals surface area contributed by atoms with Crippen molar-refractivity contribution in [1.29, 1.82) is 0 Å². The summed E-state index contributed by atoms with van der Waals surface area (Å²) in [5.41, 5.74) is 1.05. The van der Waals surface area contributed by atoms with Gasteiger partial charge in [-0.05, 0) is 37.7 Å². The van der Waals surface area contributed by atoms with E-state index in [2.05, 4.69) is 18.6 Å². The van der Waals surface area contributed by atoms with E-state index in [1.165, 1.54) is 6.08 Å². The van der Waals surface area contributed by atoms with Crippen LogP contribution in [0, 0.1) is 12.0 Å². The molecule has 0 saturated heterocycles. The zero-order valence-electron chi connectivity index (χ0n) is 11.5. The Hall–Kier alpha value is -1.99. The fourth-order valence-electron chi connectivity index (χ4n) is 1.22. The molecule has 1 aromatic rings. The summed E-state index contributed by atoms with van der Waals surface area (Å²) >= 11 is 0. The quantitative estimate of drug-likeness (QED) is 0.366. The topological polar surface area (TPSA) is 35.5 Å². The Bertz CT molecular complexity index is 518. The largest absolute Gasteiger partial charge is 0.501 e. The summed E-state index contributed by atoms with van der Waals surface area (Å²) < 4.78 is 10.5. The molecule has 0 spiro atoms. The van der Waals surface area contributed by atoms with Gasteiger partial charge in [0.05, 0.1) is 5.56 Å². The highest BCUT2D eigenvalue weighted by molar-refractivity contribution is 6.70. The Kier molecular flexibility index (Phi) is 5.40. The molecular weight excluding hydrogens is 256 g/mol. The standard InChI is InChI=1S/C15H18O3Si/c1-5-11-17-15(16)14-9-7-6-8-13(14)10-12-18-19(2,3)4/h5-9H,1,11H2,2-4H3. The van der Waals surface area contributed by atoms with Gasteiger partial charge in [0.15, 0.2) is 0 Å². The van der Waals surface area contributed by atoms with Crippen molar-refractivity contribution in [1.82, 2.24) is 0 Å². The number of esters is 1. The second-order valence-electron chi connectivity index (χ2n) is 4.87. The predicted octanol–water partition coefficient (Wildman–Crippen LogP) is 3.19. The summed E-state index contributed by atoms with van der Waals surface area (Å²) in [5, 5.41) is 0. The van der Waals surface area contributed by atoms with Gasteiger partial charge in [0.25, 0.3) is 8.32 Å². The highest BCUT2D eigenvalue weighted by Gasteiger charge is 2.14. The first kappa shape index (κ1) is 15.1. The third kappa shape index (κ3) is 5.45. The van der Waals surface area contributed by atoms with Gasteiger partial charge in [-0.15, -0.1) is 0 Å². The van der Waals surface area contributed by atoms with E-state index in [-0.39, 0.29) is 6.61 Å². The lowest BCUT2D eigenvalue weighted by atomic mass is 10.1. The second-order valence-corrected chi connectivity index (χ2v) is 9.30. The van der Waals surface area contributed by atoms with Crippen molar-refractivity contribution in [3.8, 4) is 12.0 Å². The Morgan fingerprint density at radius 2 is 2.05 bits per heavy atom. The van der Waals surface area contributed by atoms with Gasteiger partial charge in [-0.3, -0.25) is 0 Å². The number of ether oxygens (including phenoxy) is 1. The molecule has 0 radical (unpaired) electrons. The van der Waals surface area contributed by atoms with Crippen molar-refractivity contribution >= 4 is 14.3 Å². The molecule has 0 atom stereocenters. The van der Waals surface area contributed by atoms with Crippen LogP contribution in [-0.4, -0.2) is 20.9 Å². The smallest absolute Gasteiger partial charge is 0.339 e. The molecule has 1 aromatic carbocycles. The van der Waals surface area contributed by atoms with Crippen LogP contribution < -0.4 is 0 Å². The molecular formula is C15H18O3Si. The summed E-state index contributed by atoms with van der Waals surface area (Å²) in [6.45, 7) is 9.83. The predicted molar refractivity (Wildman–Crippen MR) is 78.2 cm³/mol. The Morgan fingerprint density at radius 3 is 2.68 bits per heavy atom. The van der Waals surface area contributed by atoms with Crippen LogP contribution in [0.2, 0.25) is 19.6 Å². The molecule has 0 bridgehead atoms. The van der Waals surface area contributed by atoms with Crippen molar-refractivity contribution in [3.63, 3.8) is 0 Å². The van der Waals surface area contributed by atoms with Crippen LogP contribution in [0.5, 0.6) is 0 Å². The van der Waals surface area contributed by atoms with Crippen molar-refractivity contribution in [3.05, 3.63) is 48.0 Å². The lowest BCUT2D eigenvalue weighted by Crippen LogP contribution is -2.22. The maximum absolute atomic E-state index is 11.8. The SMILES string of the molecule is C=CCOC(=O)c1ccccc1C#CO[Si](C)(C)C. The van der Waals surface area contributed by atoms with E-state index in [4.69, 9.17) is 9.16 Å². The van der Waals surface area contributed by atoms with Gasteiger partial charge >= 0.3 is 5.97 Å². The molecule has 0 aromatic heterocycles. The number of carbonyl (C=O) groups is 1. The minimum Gasteiger partial charge on any atom is -0.501 e. The third-order valence-corrected chi connectivity index (χ3v) is 2.74. The molecule has 0 fully saturated rings. The molecule has 0 aliphatic rings. The molecule has 4 heteroatoms. The summed E-state index contributed by atoms with van der Waals surface area (Å²) in [7, 11) is -1.68. The van der Waals surface area contributed by atoms with Gasteiger partial charge < -0.3 is 9.16 Å². The summed E-state index contributed by atoms with van der Waals surface area (Å²) in [6.07, 6.45) is 4.21. The second kappa shape index (κ2) is 6.81. The van der Waals surface area contributed by atoms with Crippen LogP contribution in [0.25, 0.3) is 0 Å². The molecule has 1 rings (SSSR count). The highest BCUT2D eigenvalue weighted by Crippen LogP contribution is 2.09. The van der Waals surface area contributed by atoms with Crippen LogP contribution in [-0.2, 0) is 9.16 Å². The molecule has 0 aliphatic carbocycles. The maximum atomic E-state index is 11.8. The van der Waals surface area contributed by atoms with Crippen molar-refractivity contribution in [2.75, 3.05) is 6.61 Å². The first-order chi connectivity index (χ1) is 8.94. The molecule has 100 valence electrons. The molecule has 0 unspecified atom stereocenters. The molecule has 3 nitrogen and oxygen atoms in total. The van der Waals surface area contributed by atoms with Gasteiger partial charge in [0.1, 0.15) is 12.7 Å². The number of hydrogen-bond donors (Lipinski definition) is 0. The van der Waals surface area contributed by atoms with E-state index in [0.29, 0.717) is 11.1 Å². The first-order valence-electron chi connectivity index (χ1n) is 6.00. The number of benzene rings is 1. The fraction of sp³-hybridized carbons (Fsp3) is 0.267. The van der Waals surface area contributed by atoms with E-state index in [0.717, 1.165) is 0 Å². The normalized spacial score (nSPS) is 10.1. The van der Waals surface area contributed by atoms with Crippen molar-refractivity contribution < 1.29 is 14.0 Å². The van der Waals surface area contributed by atoms with Gasteiger partial charge in [-0.1, -0.05) is 24.8 Å². The monoisotopic (exact) mass is 274 g/mol. The van der Waals surface area contributed by atoms with E-state index >= 15 is 0 Å². The number of rotatable bonds is 4. The van der Waals surface area contributed by atoms with Crippen LogP contribution in [0.4, 0.5) is 0 Å². The van der Waals surface area contributed by atoms with Gasteiger partial charge in [0.2, 0.25) is 0 Å². The van der Waals surface area contributed by atoms with Crippen LogP contribution in [0.1, 0.15) is 15.9 Å². The molecule has 0 saturated carbocycles. The van der Waals surface area contributed by atoms with Gasteiger partial charge in [-0.2, -0.15) is 0 Å². The summed E-state index contributed by atoms with van der Waals surface area (Å²) in [5.74, 6) is 2.46. The molecule has 0 N–H and O–H groups in total. The number of hydrogen-bond acceptors (Lipinski definition) is 3. The van der Waals surface area contributed by atoms with Crippen molar-refractivity contribution in [2.45, 2.75) is 19.6 Å². The summed E-state index contributed by atoms with van der Waals surface area (Å²) in [4.78, 5) is 11.8. The van der Waals surface area contributed by atoms with Crippen LogP contribution in [0.15, 0.2) is 36.9 Å². The van der Waals surface area contributed by atoms with Gasteiger partial charge in [0, 0.05) is 5.56 Å². The van der Waals surface area contributed by atoms with E-state index < -0.39 is 14.3 Å². The van der Waals surface area contributed by atoms with Gasteiger partial charge in [-0.25, -0.2) is 4.79 Å². The average Bonchev–Trinajstić information content (AvgIpc) is 2.35. The minimum absolute atomic E-state index is 0.187. The van der Waals surface area contributed by atoms with Crippen LogP contribution >= 0.6 is 0 Å². The van der Waals surface area contributed by atoms with Crippen molar-refractivity contribution in [2.24, 2.45) is 0 Å². The molecule has 0 aliphatic heterocycles. The fourth-order valence-corrected chi connectivity index (χ4v) is 1.57. The van der Waals surface area contributed by atoms with E-state index in [1.807, 2.05) is 25.7 Å². The Morgan fingerprint density at radius 1 is 1.37 bits per heavy atom. The Balaban J connectivity index is 2.90. The van der Waals surface area contributed by atoms with E-state index in [1.54, 1.807) is 18.2 Å². The Labute approximate surface area is 115 Å². The lowest BCUT2D eigenvalue weighted by Gasteiger charge is -2.11. The highest BCUT2D eigenvalue weighted by atomic mass is 28.4. The lowest BCUT2D eigenvalue weighted by molar-refractivity contribution is 0.0549. The first-order valence-corrected chi connectivity index (χ1v) is 9.41.